The molecule has 1 amide bonds. The predicted octanol–water partition coefficient (Wildman–Crippen LogP) is 4.59. The highest BCUT2D eigenvalue weighted by Crippen LogP contribution is 2.27. The maximum absolute atomic E-state index is 12.4. The summed E-state index contributed by atoms with van der Waals surface area (Å²) in [7, 11) is 0. The second-order valence-corrected chi connectivity index (χ2v) is 6.48. The summed E-state index contributed by atoms with van der Waals surface area (Å²) in [5.41, 5.74) is 3.82. The number of nitro groups is 1. The summed E-state index contributed by atoms with van der Waals surface area (Å²) in [4.78, 5) is 27.2. The van der Waals surface area contributed by atoms with Crippen LogP contribution in [0.1, 0.15) is 21.5 Å². The Balaban J connectivity index is 1.81. The zero-order chi connectivity index (χ0) is 18.0. The molecule has 7 heteroatoms. The molecule has 1 aromatic heterocycles. The first-order valence-electron chi connectivity index (χ1n) is 7.53. The Bertz CT molecular complexity index is 966. The molecule has 0 unspecified atom stereocenters. The molecule has 0 radical (unpaired) electrons. The fraction of sp³-hybridized carbons (Fsp3) is 0.111. The van der Waals surface area contributed by atoms with E-state index in [1.165, 1.54) is 23.5 Å². The molecule has 1 N–H and O–H groups in total. The quantitative estimate of drug-likeness (QED) is 0.549. The minimum Gasteiger partial charge on any atom is -0.298 e. The highest BCUT2D eigenvalue weighted by atomic mass is 32.1. The summed E-state index contributed by atoms with van der Waals surface area (Å²) in [5.74, 6) is -0.225. The van der Waals surface area contributed by atoms with E-state index in [0.29, 0.717) is 22.0 Å². The van der Waals surface area contributed by atoms with Gasteiger partial charge < -0.3 is 0 Å². The number of nitrogens with zero attached hydrogens (tertiary/aromatic N) is 2. The summed E-state index contributed by atoms with van der Waals surface area (Å²) in [5, 5.41) is 15.9. The number of non-ortho nitro benzene ring substituents is 1. The number of nitro benzene ring substituents is 1. The van der Waals surface area contributed by atoms with Gasteiger partial charge >= 0.3 is 0 Å². The van der Waals surface area contributed by atoms with Crippen LogP contribution in [0, 0.1) is 24.0 Å². The molecule has 2 aromatic carbocycles. The summed E-state index contributed by atoms with van der Waals surface area (Å²) in [6.45, 7) is 3.86. The maximum Gasteiger partial charge on any atom is 0.270 e. The van der Waals surface area contributed by atoms with Crippen LogP contribution >= 0.6 is 11.3 Å². The van der Waals surface area contributed by atoms with E-state index in [1.807, 2.05) is 26.0 Å². The number of carbonyl (C=O) groups is 1. The van der Waals surface area contributed by atoms with Crippen molar-refractivity contribution in [2.24, 2.45) is 0 Å². The van der Waals surface area contributed by atoms with E-state index in [0.717, 1.165) is 11.1 Å². The molecule has 0 atom stereocenters. The number of hydrogen-bond acceptors (Lipinski definition) is 5. The normalized spacial score (nSPS) is 10.5. The summed E-state index contributed by atoms with van der Waals surface area (Å²) >= 11 is 1.28. The van der Waals surface area contributed by atoms with Crippen molar-refractivity contribution in [1.82, 2.24) is 4.98 Å². The van der Waals surface area contributed by atoms with E-state index in [9.17, 15) is 14.9 Å². The molecule has 1 heterocycles. The molecule has 0 saturated heterocycles. The summed E-state index contributed by atoms with van der Waals surface area (Å²) < 4.78 is 0. The molecule has 0 fully saturated rings. The second kappa shape index (κ2) is 6.82. The molecule has 25 heavy (non-hydrogen) atoms. The predicted molar refractivity (Wildman–Crippen MR) is 98.1 cm³/mol. The maximum atomic E-state index is 12.4. The van der Waals surface area contributed by atoms with Crippen molar-refractivity contribution in [1.29, 1.82) is 0 Å². The van der Waals surface area contributed by atoms with Crippen LogP contribution in [0.2, 0.25) is 0 Å². The number of nitrogens with one attached hydrogen (secondary N) is 1. The lowest BCUT2D eigenvalue weighted by Gasteiger charge is -2.06. The minimum atomic E-state index is -0.446. The van der Waals surface area contributed by atoms with Gasteiger partial charge in [-0.05, 0) is 25.5 Å². The van der Waals surface area contributed by atoms with Gasteiger partial charge in [0.15, 0.2) is 5.13 Å². The Labute approximate surface area is 148 Å². The first-order chi connectivity index (χ1) is 11.9. The van der Waals surface area contributed by atoms with Gasteiger partial charge in [0.25, 0.3) is 11.6 Å². The smallest absolute Gasteiger partial charge is 0.270 e. The monoisotopic (exact) mass is 353 g/mol. The number of aromatic nitrogens is 1. The van der Waals surface area contributed by atoms with Crippen LogP contribution in [-0.4, -0.2) is 15.8 Å². The third-order valence-electron chi connectivity index (χ3n) is 3.70. The summed E-state index contributed by atoms with van der Waals surface area (Å²) in [6.07, 6.45) is 0. The van der Waals surface area contributed by atoms with Gasteiger partial charge in [0, 0.05) is 28.6 Å². The van der Waals surface area contributed by atoms with Crippen molar-refractivity contribution in [3.05, 3.63) is 74.6 Å². The standard InChI is InChI=1S/C18H15N3O3S/c1-11-6-7-15(12(2)8-11)17(22)20-18-19-16(10-25-18)13-4-3-5-14(9-13)21(23)24/h3-10H,1-2H3,(H,19,20,22). The van der Waals surface area contributed by atoms with Crippen LogP contribution in [0.5, 0.6) is 0 Å². The lowest BCUT2D eigenvalue weighted by atomic mass is 10.1. The van der Waals surface area contributed by atoms with Crippen LogP contribution in [0.3, 0.4) is 0 Å². The third kappa shape index (κ3) is 3.72. The molecule has 3 rings (SSSR count). The van der Waals surface area contributed by atoms with Crippen molar-refractivity contribution in [3.63, 3.8) is 0 Å². The Morgan fingerprint density at radius 2 is 2.00 bits per heavy atom. The highest BCUT2D eigenvalue weighted by molar-refractivity contribution is 7.14. The SMILES string of the molecule is Cc1ccc(C(=O)Nc2nc(-c3cccc([N+](=O)[O-])c3)cs2)c(C)c1. The Hall–Kier alpha value is -3.06. The van der Waals surface area contributed by atoms with Gasteiger partial charge in [0.2, 0.25) is 0 Å². The highest BCUT2D eigenvalue weighted by Gasteiger charge is 2.13. The largest absolute Gasteiger partial charge is 0.298 e. The van der Waals surface area contributed by atoms with Crippen LogP contribution in [-0.2, 0) is 0 Å². The molecule has 0 spiro atoms. The number of anilines is 1. The van der Waals surface area contributed by atoms with Gasteiger partial charge in [-0.25, -0.2) is 4.98 Å². The molecular weight excluding hydrogens is 338 g/mol. The first kappa shape index (κ1) is 16.8. The summed E-state index contributed by atoms with van der Waals surface area (Å²) in [6, 6.07) is 11.9. The van der Waals surface area contributed by atoms with Crippen molar-refractivity contribution in [2.75, 3.05) is 5.32 Å². The number of hydrogen-bond donors (Lipinski definition) is 1. The van der Waals surface area contributed by atoms with Gasteiger partial charge in [-0.2, -0.15) is 0 Å². The number of aryl methyl sites for hydroxylation is 2. The fourth-order valence-electron chi connectivity index (χ4n) is 2.48. The number of benzene rings is 2. The lowest BCUT2D eigenvalue weighted by molar-refractivity contribution is -0.384. The zero-order valence-corrected chi connectivity index (χ0v) is 14.5. The van der Waals surface area contributed by atoms with E-state index in [1.54, 1.807) is 23.6 Å². The Morgan fingerprint density at radius 1 is 1.20 bits per heavy atom. The van der Waals surface area contributed by atoms with Crippen LogP contribution in [0.4, 0.5) is 10.8 Å². The molecule has 3 aromatic rings. The number of rotatable bonds is 4. The van der Waals surface area contributed by atoms with Gasteiger partial charge in [0.1, 0.15) is 0 Å². The Morgan fingerprint density at radius 3 is 2.72 bits per heavy atom. The number of thiazole rings is 1. The van der Waals surface area contributed by atoms with E-state index >= 15 is 0 Å². The van der Waals surface area contributed by atoms with Gasteiger partial charge in [-0.15, -0.1) is 11.3 Å². The van der Waals surface area contributed by atoms with Crippen molar-refractivity contribution < 1.29 is 9.72 Å². The van der Waals surface area contributed by atoms with Crippen molar-refractivity contribution in [2.45, 2.75) is 13.8 Å². The number of amides is 1. The Kier molecular flexibility index (Phi) is 4.58. The molecule has 0 aliphatic carbocycles. The third-order valence-corrected chi connectivity index (χ3v) is 4.46. The lowest BCUT2D eigenvalue weighted by Crippen LogP contribution is -2.13. The van der Waals surface area contributed by atoms with Gasteiger partial charge in [0.05, 0.1) is 10.6 Å². The zero-order valence-electron chi connectivity index (χ0n) is 13.6. The molecule has 0 aliphatic rings. The van der Waals surface area contributed by atoms with Crippen molar-refractivity contribution >= 4 is 28.1 Å². The minimum absolute atomic E-state index is 0.00589. The average molecular weight is 353 g/mol. The topological polar surface area (TPSA) is 85.1 Å². The average Bonchev–Trinajstić information content (AvgIpc) is 3.03. The number of carbonyl (C=O) groups excluding carboxylic acids is 1. The first-order valence-corrected chi connectivity index (χ1v) is 8.41. The van der Waals surface area contributed by atoms with Crippen LogP contribution in [0.15, 0.2) is 47.8 Å². The molecule has 0 bridgehead atoms. The molecule has 126 valence electrons. The molecule has 0 saturated carbocycles. The molecule has 6 nitrogen and oxygen atoms in total. The van der Waals surface area contributed by atoms with E-state index in [2.05, 4.69) is 10.3 Å². The van der Waals surface area contributed by atoms with E-state index in [-0.39, 0.29) is 11.6 Å². The second-order valence-electron chi connectivity index (χ2n) is 5.62. The van der Waals surface area contributed by atoms with Crippen LogP contribution in [0.25, 0.3) is 11.3 Å². The van der Waals surface area contributed by atoms with E-state index < -0.39 is 4.92 Å². The van der Waals surface area contributed by atoms with Crippen molar-refractivity contribution in [3.8, 4) is 11.3 Å². The fourth-order valence-corrected chi connectivity index (χ4v) is 3.19. The van der Waals surface area contributed by atoms with E-state index in [4.69, 9.17) is 0 Å². The molecular formula is C18H15N3O3S. The van der Waals surface area contributed by atoms with Gasteiger partial charge in [-0.3, -0.25) is 20.2 Å². The molecule has 0 aliphatic heterocycles. The van der Waals surface area contributed by atoms with Gasteiger partial charge in [-0.1, -0.05) is 29.8 Å². The van der Waals surface area contributed by atoms with Crippen LogP contribution < -0.4 is 5.32 Å².